The lowest BCUT2D eigenvalue weighted by Crippen LogP contribution is -2.33. The second-order valence-electron chi connectivity index (χ2n) is 6.39. The van der Waals surface area contributed by atoms with Crippen LogP contribution in [-0.4, -0.2) is 35.7 Å². The van der Waals surface area contributed by atoms with E-state index in [1.807, 2.05) is 12.1 Å². The third kappa shape index (κ3) is 3.89. The number of nitrogens with one attached hydrogen (secondary N) is 1. The maximum absolute atomic E-state index is 11.9. The summed E-state index contributed by atoms with van der Waals surface area (Å²) in [6.07, 6.45) is -0.293. The monoisotopic (exact) mass is 291 g/mol. The van der Waals surface area contributed by atoms with Crippen LogP contribution in [-0.2, 0) is 14.9 Å². The summed E-state index contributed by atoms with van der Waals surface area (Å²) >= 11 is 0. The molecule has 0 unspecified atom stereocenters. The minimum absolute atomic E-state index is 0.00214. The summed E-state index contributed by atoms with van der Waals surface area (Å²) in [6, 6.07) is 6.43. The third-order valence-electron chi connectivity index (χ3n) is 3.57. The molecule has 5 heteroatoms. The van der Waals surface area contributed by atoms with Crippen molar-refractivity contribution in [2.75, 3.05) is 6.54 Å². The van der Waals surface area contributed by atoms with E-state index in [1.165, 1.54) is 0 Å². The van der Waals surface area contributed by atoms with Crippen molar-refractivity contribution in [3.8, 4) is 0 Å². The van der Waals surface area contributed by atoms with Gasteiger partial charge >= 0.3 is 11.9 Å². The zero-order valence-electron chi connectivity index (χ0n) is 12.6. The first-order valence-corrected chi connectivity index (χ1v) is 7.05. The molecule has 2 rings (SSSR count). The van der Waals surface area contributed by atoms with Crippen molar-refractivity contribution < 1.29 is 19.4 Å². The second kappa shape index (κ2) is 5.95. The summed E-state index contributed by atoms with van der Waals surface area (Å²) in [5.74, 6) is -1.31. The van der Waals surface area contributed by atoms with Gasteiger partial charge in [-0.1, -0.05) is 32.9 Å². The summed E-state index contributed by atoms with van der Waals surface area (Å²) in [6.45, 7) is 6.59. The van der Waals surface area contributed by atoms with E-state index in [0.717, 1.165) is 5.56 Å². The molecule has 114 valence electrons. The van der Waals surface area contributed by atoms with Crippen LogP contribution in [0.15, 0.2) is 24.3 Å². The summed E-state index contributed by atoms with van der Waals surface area (Å²) in [7, 11) is 0. The number of hydrogen-bond donors (Lipinski definition) is 2. The van der Waals surface area contributed by atoms with E-state index in [4.69, 9.17) is 4.74 Å². The number of benzene rings is 1. The molecule has 0 radical (unpaired) electrons. The van der Waals surface area contributed by atoms with Crippen molar-refractivity contribution >= 4 is 11.9 Å². The van der Waals surface area contributed by atoms with Crippen LogP contribution >= 0.6 is 0 Å². The molecule has 0 bridgehead atoms. The maximum Gasteiger partial charge on any atom is 0.345 e. The van der Waals surface area contributed by atoms with E-state index >= 15 is 0 Å². The number of β-amino-alcohol motifs (C(OH)–C–C–N with tert-alkyl or cyclic N) is 1. The molecular weight excluding hydrogens is 270 g/mol. The highest BCUT2D eigenvalue weighted by Gasteiger charge is 2.31. The largest absolute Gasteiger partial charge is 0.392 e. The van der Waals surface area contributed by atoms with E-state index in [0.29, 0.717) is 12.1 Å². The molecule has 5 nitrogen and oxygen atoms in total. The average Bonchev–Trinajstić information content (AvgIpc) is 2.84. The van der Waals surface area contributed by atoms with Gasteiger partial charge in [-0.15, -0.1) is 0 Å². The van der Waals surface area contributed by atoms with Crippen molar-refractivity contribution in [1.82, 2.24) is 5.32 Å². The Kier molecular flexibility index (Phi) is 4.44. The number of carbonyl (C=O) groups is 2. The summed E-state index contributed by atoms with van der Waals surface area (Å²) in [5, 5.41) is 12.2. The lowest BCUT2D eigenvalue weighted by Gasteiger charge is -2.18. The number of aliphatic hydroxyl groups excluding tert-OH is 1. The van der Waals surface area contributed by atoms with Gasteiger partial charge in [-0.05, 0) is 23.1 Å². The average molecular weight is 291 g/mol. The maximum atomic E-state index is 11.9. The lowest BCUT2D eigenvalue weighted by molar-refractivity contribution is -0.140. The first kappa shape index (κ1) is 15.7. The molecule has 0 aliphatic carbocycles. The Morgan fingerprint density at radius 1 is 1.24 bits per heavy atom. The van der Waals surface area contributed by atoms with Crippen molar-refractivity contribution in [1.29, 1.82) is 0 Å². The van der Waals surface area contributed by atoms with Gasteiger partial charge in [-0.25, -0.2) is 9.59 Å². The molecule has 0 saturated carbocycles. The van der Waals surface area contributed by atoms with Crippen molar-refractivity contribution in [3.63, 3.8) is 0 Å². The second-order valence-corrected chi connectivity index (χ2v) is 6.39. The van der Waals surface area contributed by atoms with Crippen LogP contribution in [0.5, 0.6) is 0 Å². The van der Waals surface area contributed by atoms with Gasteiger partial charge in [0, 0.05) is 13.0 Å². The molecule has 1 aliphatic rings. The van der Waals surface area contributed by atoms with Crippen LogP contribution in [0.25, 0.3) is 0 Å². The van der Waals surface area contributed by atoms with Gasteiger partial charge in [-0.3, -0.25) is 0 Å². The van der Waals surface area contributed by atoms with Gasteiger partial charge in [0.25, 0.3) is 0 Å². The van der Waals surface area contributed by atoms with Crippen LogP contribution in [0.1, 0.15) is 43.1 Å². The van der Waals surface area contributed by atoms with Crippen molar-refractivity contribution in [2.24, 2.45) is 0 Å². The van der Waals surface area contributed by atoms with E-state index in [-0.39, 0.29) is 11.8 Å². The fourth-order valence-corrected chi connectivity index (χ4v) is 2.22. The highest BCUT2D eigenvalue weighted by molar-refractivity contribution is 5.98. The van der Waals surface area contributed by atoms with Gasteiger partial charge in [0.2, 0.25) is 0 Å². The Morgan fingerprint density at radius 2 is 1.86 bits per heavy atom. The van der Waals surface area contributed by atoms with E-state index in [1.54, 1.807) is 12.1 Å². The molecule has 1 aromatic carbocycles. The van der Waals surface area contributed by atoms with Crippen molar-refractivity contribution in [2.45, 2.75) is 44.8 Å². The molecular formula is C16H21NO4. The molecule has 0 aromatic heterocycles. The number of carbonyl (C=O) groups excluding carboxylic acids is 2. The quantitative estimate of drug-likeness (QED) is 0.636. The van der Waals surface area contributed by atoms with Crippen LogP contribution in [0, 0.1) is 0 Å². The Balaban J connectivity index is 1.99. The van der Waals surface area contributed by atoms with E-state index in [2.05, 4.69) is 26.1 Å². The molecule has 2 atom stereocenters. The Labute approximate surface area is 124 Å². The Hall–Kier alpha value is -1.72. The number of aliphatic hydroxyl groups is 1. The summed E-state index contributed by atoms with van der Waals surface area (Å²) in [4.78, 5) is 23.7. The predicted octanol–water partition coefficient (Wildman–Crippen LogP) is 1.39. The molecule has 0 spiro atoms. The molecule has 1 fully saturated rings. The molecule has 2 N–H and O–H groups in total. The number of hydrogen-bond acceptors (Lipinski definition) is 5. The Bertz CT molecular complexity index is 530. The van der Waals surface area contributed by atoms with Crippen LogP contribution in [0.4, 0.5) is 0 Å². The van der Waals surface area contributed by atoms with E-state index in [9.17, 15) is 14.7 Å². The summed E-state index contributed by atoms with van der Waals surface area (Å²) in [5.41, 5.74) is 1.45. The number of rotatable bonds is 2. The topological polar surface area (TPSA) is 75.6 Å². The standard InChI is InChI=1S/C16H21NO4/c1-16(2,3)11-6-4-10(5-7-11)14(19)21-15(20)13-8-12(18)9-17-13/h4-7,12-13,17-18H,8-9H2,1-3H3/t12-,13+/m1/s1. The molecule has 1 saturated heterocycles. The number of ether oxygens (including phenoxy) is 1. The zero-order valence-corrected chi connectivity index (χ0v) is 12.6. The smallest absolute Gasteiger partial charge is 0.345 e. The molecule has 0 amide bonds. The molecule has 1 heterocycles. The zero-order chi connectivity index (χ0) is 15.6. The minimum atomic E-state index is -0.663. The molecule has 21 heavy (non-hydrogen) atoms. The highest BCUT2D eigenvalue weighted by Crippen LogP contribution is 2.22. The molecule has 1 aromatic rings. The van der Waals surface area contributed by atoms with Crippen LogP contribution in [0.3, 0.4) is 0 Å². The Morgan fingerprint density at radius 3 is 2.33 bits per heavy atom. The van der Waals surface area contributed by atoms with E-state index < -0.39 is 24.1 Å². The van der Waals surface area contributed by atoms with Gasteiger partial charge in [-0.2, -0.15) is 0 Å². The third-order valence-corrected chi connectivity index (χ3v) is 3.57. The SMILES string of the molecule is CC(C)(C)c1ccc(C(=O)OC(=O)[C@@H]2C[C@@H](O)CN2)cc1. The first-order chi connectivity index (χ1) is 9.77. The van der Waals surface area contributed by atoms with Gasteiger partial charge in [0.05, 0.1) is 11.7 Å². The first-order valence-electron chi connectivity index (χ1n) is 7.05. The normalized spacial score (nSPS) is 22.1. The lowest BCUT2D eigenvalue weighted by atomic mass is 9.87. The predicted molar refractivity (Wildman–Crippen MR) is 78.0 cm³/mol. The van der Waals surface area contributed by atoms with Gasteiger partial charge in [0.1, 0.15) is 6.04 Å². The summed E-state index contributed by atoms with van der Waals surface area (Å²) < 4.78 is 4.84. The molecule has 1 aliphatic heterocycles. The van der Waals surface area contributed by atoms with Crippen molar-refractivity contribution in [3.05, 3.63) is 35.4 Å². The van der Waals surface area contributed by atoms with Crippen LogP contribution in [0.2, 0.25) is 0 Å². The van der Waals surface area contributed by atoms with Gasteiger partial charge in [0.15, 0.2) is 0 Å². The fraction of sp³-hybridized carbons (Fsp3) is 0.500. The minimum Gasteiger partial charge on any atom is -0.392 e. The number of esters is 2. The van der Waals surface area contributed by atoms with Crippen LogP contribution < -0.4 is 5.32 Å². The fourth-order valence-electron chi connectivity index (χ4n) is 2.22. The van der Waals surface area contributed by atoms with Gasteiger partial charge < -0.3 is 15.2 Å². The highest BCUT2D eigenvalue weighted by atomic mass is 16.6.